The summed E-state index contributed by atoms with van der Waals surface area (Å²) in [6.07, 6.45) is 4.41. The molecule has 0 saturated heterocycles. The molecule has 3 aromatic rings. The van der Waals surface area contributed by atoms with E-state index in [1.54, 1.807) is 42.5 Å². The van der Waals surface area contributed by atoms with Crippen LogP contribution in [0, 0.1) is 0 Å². The molecule has 0 fully saturated rings. The van der Waals surface area contributed by atoms with Crippen molar-refractivity contribution in [3.05, 3.63) is 89.5 Å². The fourth-order valence-corrected chi connectivity index (χ4v) is 2.91. The Morgan fingerprint density at radius 1 is 0.926 bits per heavy atom. The van der Waals surface area contributed by atoms with E-state index < -0.39 is 5.91 Å². The van der Waals surface area contributed by atoms with Gasteiger partial charge in [-0.2, -0.15) is 0 Å². The lowest BCUT2D eigenvalue weighted by Gasteiger charge is -2.17. The van der Waals surface area contributed by atoms with E-state index in [0.717, 1.165) is 4.90 Å². The van der Waals surface area contributed by atoms with Crippen molar-refractivity contribution in [2.75, 3.05) is 5.32 Å². The van der Waals surface area contributed by atoms with Gasteiger partial charge in [-0.25, -0.2) is 0 Å². The summed E-state index contributed by atoms with van der Waals surface area (Å²) in [6, 6.07) is 13.6. The Bertz CT molecular complexity index is 1010. The molecule has 0 radical (unpaired) electrons. The van der Waals surface area contributed by atoms with Gasteiger partial charge in [-0.3, -0.25) is 29.3 Å². The van der Waals surface area contributed by atoms with Crippen LogP contribution in [0.1, 0.15) is 36.8 Å². The summed E-state index contributed by atoms with van der Waals surface area (Å²) in [5.74, 6) is -1.13. The number of nitrogens with zero attached hydrogens (tertiary/aromatic N) is 3. The van der Waals surface area contributed by atoms with Crippen molar-refractivity contribution in [3.63, 3.8) is 0 Å². The lowest BCUT2D eigenvalue weighted by atomic mass is 10.1. The highest BCUT2D eigenvalue weighted by molar-refractivity contribution is 6.21. The number of anilines is 1. The van der Waals surface area contributed by atoms with Gasteiger partial charge in [0.25, 0.3) is 17.7 Å². The van der Waals surface area contributed by atoms with E-state index in [1.165, 1.54) is 24.7 Å². The van der Waals surface area contributed by atoms with Gasteiger partial charge in [0, 0.05) is 24.3 Å². The first-order chi connectivity index (χ1) is 13.1. The molecule has 1 aliphatic rings. The van der Waals surface area contributed by atoms with Gasteiger partial charge < -0.3 is 5.32 Å². The Labute approximate surface area is 154 Å². The number of benzene rings is 1. The van der Waals surface area contributed by atoms with Crippen molar-refractivity contribution in [2.24, 2.45) is 0 Å². The van der Waals surface area contributed by atoms with Crippen LogP contribution in [-0.4, -0.2) is 32.6 Å². The van der Waals surface area contributed by atoms with Crippen molar-refractivity contribution in [1.82, 2.24) is 14.9 Å². The van der Waals surface area contributed by atoms with E-state index in [-0.39, 0.29) is 29.6 Å². The summed E-state index contributed by atoms with van der Waals surface area (Å²) in [7, 11) is 0. The Balaban J connectivity index is 1.59. The van der Waals surface area contributed by atoms with Gasteiger partial charge in [0.15, 0.2) is 0 Å². The second kappa shape index (κ2) is 6.80. The minimum atomic E-state index is -0.394. The first kappa shape index (κ1) is 16.6. The molecule has 0 unspecified atom stereocenters. The fourth-order valence-electron chi connectivity index (χ4n) is 2.91. The molecule has 2 aromatic heterocycles. The molecule has 3 heterocycles. The van der Waals surface area contributed by atoms with Crippen LogP contribution in [0.3, 0.4) is 0 Å². The topological polar surface area (TPSA) is 92.3 Å². The van der Waals surface area contributed by atoms with Crippen LogP contribution >= 0.6 is 0 Å². The number of hydrogen-bond acceptors (Lipinski definition) is 5. The Kier molecular flexibility index (Phi) is 4.18. The number of carbonyl (C=O) groups excluding carboxylic acids is 3. The number of carbonyl (C=O) groups is 3. The molecule has 27 heavy (non-hydrogen) atoms. The van der Waals surface area contributed by atoms with E-state index in [0.29, 0.717) is 16.8 Å². The van der Waals surface area contributed by atoms with Crippen LogP contribution in [0.2, 0.25) is 0 Å². The molecular formula is C20H14N4O3. The summed E-state index contributed by atoms with van der Waals surface area (Å²) in [5, 5.41) is 2.79. The van der Waals surface area contributed by atoms with Crippen molar-refractivity contribution in [1.29, 1.82) is 0 Å². The molecular weight excluding hydrogens is 344 g/mol. The highest BCUT2D eigenvalue weighted by Crippen LogP contribution is 2.26. The van der Waals surface area contributed by atoms with E-state index in [9.17, 15) is 14.4 Å². The highest BCUT2D eigenvalue weighted by atomic mass is 16.2. The molecule has 1 N–H and O–H groups in total. The highest BCUT2D eigenvalue weighted by Gasteiger charge is 2.35. The molecule has 4 rings (SSSR count). The maximum Gasteiger partial charge on any atom is 0.274 e. The maximum absolute atomic E-state index is 12.5. The Morgan fingerprint density at radius 2 is 1.70 bits per heavy atom. The SMILES string of the molecule is O=C(Nc1ccccc1CN1C(=O)c2ccncc2C1=O)c1ccccn1. The van der Waals surface area contributed by atoms with Crippen molar-refractivity contribution in [3.8, 4) is 0 Å². The molecule has 132 valence electrons. The Morgan fingerprint density at radius 3 is 2.48 bits per heavy atom. The molecule has 0 atom stereocenters. The third-order valence-electron chi connectivity index (χ3n) is 4.26. The van der Waals surface area contributed by atoms with Crippen LogP contribution in [0.25, 0.3) is 0 Å². The minimum Gasteiger partial charge on any atom is -0.320 e. The summed E-state index contributed by atoms with van der Waals surface area (Å²) < 4.78 is 0. The molecule has 0 spiro atoms. The number of amides is 3. The molecule has 7 nitrogen and oxygen atoms in total. The first-order valence-corrected chi connectivity index (χ1v) is 8.25. The molecule has 0 bridgehead atoms. The quantitative estimate of drug-likeness (QED) is 0.724. The normalized spacial score (nSPS) is 12.8. The number of para-hydroxylation sites is 1. The molecule has 3 amide bonds. The van der Waals surface area contributed by atoms with Gasteiger partial charge in [0.1, 0.15) is 5.69 Å². The number of nitrogens with one attached hydrogen (secondary N) is 1. The van der Waals surface area contributed by atoms with Crippen LogP contribution in [0.15, 0.2) is 67.1 Å². The second-order valence-electron chi connectivity index (χ2n) is 5.94. The number of pyridine rings is 2. The minimum absolute atomic E-state index is 0.0466. The average molecular weight is 358 g/mol. The second-order valence-corrected chi connectivity index (χ2v) is 5.94. The zero-order valence-electron chi connectivity index (χ0n) is 14.1. The zero-order valence-corrected chi connectivity index (χ0v) is 14.1. The number of fused-ring (bicyclic) bond motifs is 1. The monoisotopic (exact) mass is 358 g/mol. The largest absolute Gasteiger partial charge is 0.320 e. The third-order valence-corrected chi connectivity index (χ3v) is 4.26. The molecule has 7 heteroatoms. The van der Waals surface area contributed by atoms with E-state index in [1.807, 2.05) is 0 Å². The average Bonchev–Trinajstić information content (AvgIpc) is 2.95. The van der Waals surface area contributed by atoms with Crippen molar-refractivity contribution >= 4 is 23.4 Å². The summed E-state index contributed by atoms with van der Waals surface area (Å²) in [4.78, 5) is 46.5. The van der Waals surface area contributed by atoms with E-state index in [4.69, 9.17) is 0 Å². The predicted molar refractivity (Wildman–Crippen MR) is 97.1 cm³/mol. The van der Waals surface area contributed by atoms with Crippen LogP contribution in [0.5, 0.6) is 0 Å². The number of hydrogen-bond donors (Lipinski definition) is 1. The lowest BCUT2D eigenvalue weighted by Crippen LogP contribution is -2.29. The molecule has 0 aliphatic carbocycles. The van der Waals surface area contributed by atoms with Gasteiger partial charge >= 0.3 is 0 Å². The fraction of sp³-hybridized carbons (Fsp3) is 0.0500. The lowest BCUT2D eigenvalue weighted by molar-refractivity contribution is 0.0642. The van der Waals surface area contributed by atoms with E-state index >= 15 is 0 Å². The third kappa shape index (κ3) is 3.06. The van der Waals surface area contributed by atoms with Gasteiger partial charge in [-0.15, -0.1) is 0 Å². The number of aromatic nitrogens is 2. The Hall–Kier alpha value is -3.87. The molecule has 0 saturated carbocycles. The summed E-state index contributed by atoms with van der Waals surface area (Å²) >= 11 is 0. The van der Waals surface area contributed by atoms with Crippen LogP contribution < -0.4 is 5.32 Å². The zero-order chi connectivity index (χ0) is 18.8. The molecule has 1 aromatic carbocycles. The molecule has 1 aliphatic heterocycles. The van der Waals surface area contributed by atoms with Crippen molar-refractivity contribution < 1.29 is 14.4 Å². The van der Waals surface area contributed by atoms with Gasteiger partial charge in [0.05, 0.1) is 17.7 Å². The first-order valence-electron chi connectivity index (χ1n) is 8.25. The van der Waals surface area contributed by atoms with Crippen LogP contribution in [0.4, 0.5) is 5.69 Å². The van der Waals surface area contributed by atoms with E-state index in [2.05, 4.69) is 15.3 Å². The van der Waals surface area contributed by atoms with Crippen molar-refractivity contribution in [2.45, 2.75) is 6.54 Å². The summed E-state index contributed by atoms with van der Waals surface area (Å²) in [6.45, 7) is 0.0466. The smallest absolute Gasteiger partial charge is 0.274 e. The van der Waals surface area contributed by atoms with Crippen LogP contribution in [-0.2, 0) is 6.54 Å². The maximum atomic E-state index is 12.5. The standard InChI is InChI=1S/C20H14N4O3/c25-18(17-7-3-4-9-22-17)23-16-6-2-1-5-13(16)12-24-19(26)14-8-10-21-11-15(14)20(24)27/h1-11H,12H2,(H,23,25). The number of imide groups is 1. The van der Waals surface area contributed by atoms with Gasteiger partial charge in [-0.05, 0) is 29.8 Å². The van der Waals surface area contributed by atoms with Gasteiger partial charge in [-0.1, -0.05) is 24.3 Å². The summed E-state index contributed by atoms with van der Waals surface area (Å²) in [5.41, 5.74) is 2.06. The van der Waals surface area contributed by atoms with Gasteiger partial charge in [0.2, 0.25) is 0 Å². The number of rotatable bonds is 4. The predicted octanol–water partition coefficient (Wildman–Crippen LogP) is 2.53.